The van der Waals surface area contributed by atoms with E-state index in [4.69, 9.17) is 5.73 Å². The van der Waals surface area contributed by atoms with E-state index in [1.54, 1.807) is 0 Å². The topological polar surface area (TPSA) is 26.0 Å². The predicted octanol–water partition coefficient (Wildman–Crippen LogP) is 4.20. The van der Waals surface area contributed by atoms with Crippen LogP contribution < -0.4 is 5.73 Å². The number of benzene rings is 1. The van der Waals surface area contributed by atoms with Crippen molar-refractivity contribution in [3.05, 3.63) is 28.8 Å². The summed E-state index contributed by atoms with van der Waals surface area (Å²) in [6, 6.07) is 0.984. The monoisotopic (exact) mass is 321 g/mol. The second kappa shape index (κ2) is 4.40. The molecule has 0 atom stereocenters. The number of halogens is 7. The molecule has 96 valence electrons. The highest BCUT2D eigenvalue weighted by molar-refractivity contribution is 9.08. The highest BCUT2D eigenvalue weighted by Gasteiger charge is 2.40. The van der Waals surface area contributed by atoms with Gasteiger partial charge in [0.15, 0.2) is 0 Å². The molecule has 0 heterocycles. The fourth-order valence-corrected chi connectivity index (χ4v) is 1.95. The molecule has 0 saturated carbocycles. The summed E-state index contributed by atoms with van der Waals surface area (Å²) >= 11 is 2.63. The van der Waals surface area contributed by atoms with Crippen molar-refractivity contribution in [3.8, 4) is 0 Å². The van der Waals surface area contributed by atoms with E-state index in [0.717, 1.165) is 0 Å². The molecule has 0 unspecified atom stereocenters. The van der Waals surface area contributed by atoms with Crippen molar-refractivity contribution >= 4 is 21.6 Å². The van der Waals surface area contributed by atoms with Gasteiger partial charge in [0.25, 0.3) is 0 Å². The van der Waals surface area contributed by atoms with E-state index in [1.165, 1.54) is 0 Å². The number of anilines is 1. The van der Waals surface area contributed by atoms with Crippen LogP contribution in [-0.2, 0) is 17.7 Å². The molecular formula is C9H6BrF6N. The van der Waals surface area contributed by atoms with Crippen molar-refractivity contribution in [2.45, 2.75) is 17.7 Å². The first-order valence-corrected chi connectivity index (χ1v) is 5.32. The Kier molecular flexibility index (Phi) is 3.66. The van der Waals surface area contributed by atoms with Crippen LogP contribution in [0.4, 0.5) is 32.0 Å². The van der Waals surface area contributed by atoms with Gasteiger partial charge in [-0.2, -0.15) is 26.3 Å². The van der Waals surface area contributed by atoms with Crippen molar-refractivity contribution in [3.63, 3.8) is 0 Å². The normalized spacial score (nSPS) is 12.9. The lowest BCUT2D eigenvalue weighted by Crippen LogP contribution is -2.16. The Morgan fingerprint density at radius 2 is 1.29 bits per heavy atom. The van der Waals surface area contributed by atoms with Crippen LogP contribution in [0.3, 0.4) is 0 Å². The Balaban J connectivity index is 3.58. The van der Waals surface area contributed by atoms with Crippen LogP contribution in [0, 0.1) is 0 Å². The minimum absolute atomic E-state index is 0.492. The fourth-order valence-electron chi connectivity index (χ4n) is 1.34. The van der Waals surface area contributed by atoms with Gasteiger partial charge in [-0.1, -0.05) is 15.9 Å². The Morgan fingerprint density at radius 3 is 1.53 bits per heavy atom. The second-order valence-corrected chi connectivity index (χ2v) is 3.78. The van der Waals surface area contributed by atoms with E-state index in [-0.39, 0.29) is 0 Å². The summed E-state index contributed by atoms with van der Waals surface area (Å²) < 4.78 is 75.2. The van der Waals surface area contributed by atoms with Crippen LogP contribution in [0.1, 0.15) is 16.7 Å². The first-order valence-electron chi connectivity index (χ1n) is 4.20. The van der Waals surface area contributed by atoms with E-state index in [2.05, 4.69) is 15.9 Å². The molecule has 1 rings (SSSR count). The van der Waals surface area contributed by atoms with Crippen LogP contribution in [-0.4, -0.2) is 0 Å². The van der Waals surface area contributed by atoms with Crippen molar-refractivity contribution in [2.75, 3.05) is 5.73 Å². The van der Waals surface area contributed by atoms with Crippen LogP contribution in [0.15, 0.2) is 12.1 Å². The molecule has 1 aromatic carbocycles. The van der Waals surface area contributed by atoms with Gasteiger partial charge in [-0.25, -0.2) is 0 Å². The zero-order valence-corrected chi connectivity index (χ0v) is 9.67. The fraction of sp³-hybridized carbons (Fsp3) is 0.333. The number of alkyl halides is 7. The quantitative estimate of drug-likeness (QED) is 0.468. The SMILES string of the molecule is Nc1cc(C(F)(F)F)c(CBr)c(C(F)(F)F)c1. The third-order valence-electron chi connectivity index (χ3n) is 2.02. The van der Waals surface area contributed by atoms with Gasteiger partial charge in [-0.3, -0.25) is 0 Å². The molecule has 17 heavy (non-hydrogen) atoms. The van der Waals surface area contributed by atoms with Gasteiger partial charge >= 0.3 is 12.4 Å². The molecule has 0 aromatic heterocycles. The lowest BCUT2D eigenvalue weighted by atomic mass is 10.0. The Hall–Kier alpha value is -0.920. The largest absolute Gasteiger partial charge is 0.416 e. The molecule has 1 aromatic rings. The third kappa shape index (κ3) is 3.05. The molecule has 0 radical (unpaired) electrons. The van der Waals surface area contributed by atoms with Crippen LogP contribution >= 0.6 is 15.9 Å². The average molecular weight is 322 g/mol. The predicted molar refractivity (Wildman–Crippen MR) is 53.5 cm³/mol. The maximum atomic E-state index is 12.5. The molecule has 0 aliphatic carbocycles. The number of nitrogen functional groups attached to an aromatic ring is 1. The Morgan fingerprint density at radius 1 is 0.941 bits per heavy atom. The van der Waals surface area contributed by atoms with E-state index in [9.17, 15) is 26.3 Å². The molecule has 0 saturated heterocycles. The molecular weight excluding hydrogens is 316 g/mol. The van der Waals surface area contributed by atoms with Gasteiger partial charge in [0.05, 0.1) is 11.1 Å². The van der Waals surface area contributed by atoms with Crippen molar-refractivity contribution in [1.29, 1.82) is 0 Å². The van der Waals surface area contributed by atoms with Gasteiger partial charge < -0.3 is 5.73 Å². The highest BCUT2D eigenvalue weighted by Crippen LogP contribution is 2.41. The van der Waals surface area contributed by atoms with Gasteiger partial charge in [0.2, 0.25) is 0 Å². The molecule has 0 fully saturated rings. The summed E-state index contributed by atoms with van der Waals surface area (Å²) in [5, 5.41) is -0.559. The third-order valence-corrected chi connectivity index (χ3v) is 2.58. The summed E-state index contributed by atoms with van der Waals surface area (Å²) in [4.78, 5) is 0. The number of hydrogen-bond acceptors (Lipinski definition) is 1. The lowest BCUT2D eigenvalue weighted by Gasteiger charge is -2.18. The van der Waals surface area contributed by atoms with Crippen molar-refractivity contribution in [1.82, 2.24) is 0 Å². The van der Waals surface area contributed by atoms with E-state index in [1.807, 2.05) is 0 Å². The number of hydrogen-bond donors (Lipinski definition) is 1. The molecule has 0 amide bonds. The molecule has 0 spiro atoms. The molecule has 0 aliphatic heterocycles. The highest BCUT2D eigenvalue weighted by atomic mass is 79.9. The summed E-state index contributed by atoms with van der Waals surface area (Å²) in [5.41, 5.74) is 0.878. The molecule has 8 heteroatoms. The minimum Gasteiger partial charge on any atom is -0.399 e. The zero-order chi connectivity index (χ0) is 13.4. The van der Waals surface area contributed by atoms with Crippen LogP contribution in [0.25, 0.3) is 0 Å². The summed E-state index contributed by atoms with van der Waals surface area (Å²) in [6.45, 7) is 0. The molecule has 0 aliphatic rings. The molecule has 1 nitrogen and oxygen atoms in total. The Bertz CT molecular complexity index is 387. The van der Waals surface area contributed by atoms with E-state index in [0.29, 0.717) is 12.1 Å². The van der Waals surface area contributed by atoms with Gasteiger partial charge in [0.1, 0.15) is 0 Å². The van der Waals surface area contributed by atoms with E-state index < -0.39 is 40.1 Å². The number of rotatable bonds is 1. The van der Waals surface area contributed by atoms with Crippen LogP contribution in [0.5, 0.6) is 0 Å². The summed E-state index contributed by atoms with van der Waals surface area (Å²) in [7, 11) is 0. The Labute approximate surface area is 101 Å². The van der Waals surface area contributed by atoms with Gasteiger partial charge in [0, 0.05) is 11.0 Å². The maximum Gasteiger partial charge on any atom is 0.416 e. The first kappa shape index (κ1) is 14.1. The smallest absolute Gasteiger partial charge is 0.399 e. The standard InChI is InChI=1S/C9H6BrF6N/c10-3-5-6(8(11,12)13)1-4(17)2-7(5)9(14,15)16/h1-2H,3,17H2. The first-order chi connectivity index (χ1) is 7.57. The maximum absolute atomic E-state index is 12.5. The van der Waals surface area contributed by atoms with E-state index >= 15 is 0 Å². The lowest BCUT2D eigenvalue weighted by molar-refractivity contribution is -0.143. The average Bonchev–Trinajstić information content (AvgIpc) is 2.13. The summed E-state index contributed by atoms with van der Waals surface area (Å²) in [5.74, 6) is 0. The van der Waals surface area contributed by atoms with Crippen molar-refractivity contribution in [2.24, 2.45) is 0 Å². The zero-order valence-electron chi connectivity index (χ0n) is 8.08. The molecule has 0 bridgehead atoms. The second-order valence-electron chi connectivity index (χ2n) is 3.22. The number of nitrogens with two attached hydrogens (primary N) is 1. The molecule has 2 N–H and O–H groups in total. The van der Waals surface area contributed by atoms with Crippen LogP contribution in [0.2, 0.25) is 0 Å². The van der Waals surface area contributed by atoms with Gasteiger partial charge in [-0.05, 0) is 17.7 Å². The van der Waals surface area contributed by atoms with Gasteiger partial charge in [-0.15, -0.1) is 0 Å². The minimum atomic E-state index is -4.88. The van der Waals surface area contributed by atoms with Crippen molar-refractivity contribution < 1.29 is 26.3 Å². The summed E-state index contributed by atoms with van der Waals surface area (Å²) in [6.07, 6.45) is -9.75.